The predicted octanol–water partition coefficient (Wildman–Crippen LogP) is 2.11. The van der Waals surface area contributed by atoms with Crippen LogP contribution in [-0.2, 0) is 24.9 Å². The first-order chi connectivity index (χ1) is 13.6. The van der Waals surface area contributed by atoms with E-state index in [1.54, 1.807) is 13.2 Å². The summed E-state index contributed by atoms with van der Waals surface area (Å²) in [4.78, 5) is 34.0. The summed E-state index contributed by atoms with van der Waals surface area (Å²) in [5, 5.41) is 2.84. The maximum absolute atomic E-state index is 12.6. The van der Waals surface area contributed by atoms with Crippen molar-refractivity contribution in [3.05, 3.63) is 82.9 Å². The fraction of sp³-hybridized carbons (Fsp3) is 0.143. The molecule has 0 radical (unpaired) electrons. The van der Waals surface area contributed by atoms with Crippen molar-refractivity contribution in [3.8, 4) is 11.4 Å². The third-order valence-corrected chi connectivity index (χ3v) is 4.55. The summed E-state index contributed by atoms with van der Waals surface area (Å²) < 4.78 is 2.83. The van der Waals surface area contributed by atoms with Crippen LogP contribution in [0.3, 0.4) is 0 Å². The van der Waals surface area contributed by atoms with Crippen molar-refractivity contribution in [1.29, 1.82) is 0 Å². The Kier molecular flexibility index (Phi) is 4.72. The van der Waals surface area contributed by atoms with Gasteiger partial charge in [0.25, 0.3) is 0 Å². The number of hydrogen-bond donors (Lipinski definition) is 1. The van der Waals surface area contributed by atoms with Gasteiger partial charge < -0.3 is 5.32 Å². The molecule has 0 atom stereocenters. The number of aromatic nitrogens is 4. The van der Waals surface area contributed by atoms with E-state index in [1.807, 2.05) is 60.7 Å². The van der Waals surface area contributed by atoms with E-state index in [9.17, 15) is 9.59 Å². The number of carbonyl (C=O) groups is 1. The Labute approximate surface area is 161 Å². The molecule has 1 amide bonds. The van der Waals surface area contributed by atoms with E-state index >= 15 is 0 Å². The van der Waals surface area contributed by atoms with Crippen molar-refractivity contribution in [2.45, 2.75) is 13.1 Å². The highest BCUT2D eigenvalue weighted by molar-refractivity contribution is 5.79. The molecule has 2 aromatic heterocycles. The number of amides is 1. The number of aryl methyl sites for hydroxylation is 1. The van der Waals surface area contributed by atoms with Gasteiger partial charge in [-0.2, -0.15) is 0 Å². The molecule has 7 nitrogen and oxygen atoms in total. The lowest BCUT2D eigenvalue weighted by Crippen LogP contribution is -2.32. The highest BCUT2D eigenvalue weighted by Crippen LogP contribution is 2.17. The Morgan fingerprint density at radius 3 is 2.43 bits per heavy atom. The molecule has 0 saturated heterocycles. The number of benzene rings is 2. The molecule has 4 rings (SSSR count). The van der Waals surface area contributed by atoms with Crippen LogP contribution in [0.15, 0.2) is 71.7 Å². The normalized spacial score (nSPS) is 10.9. The van der Waals surface area contributed by atoms with Gasteiger partial charge in [0.15, 0.2) is 11.5 Å². The van der Waals surface area contributed by atoms with Crippen molar-refractivity contribution in [1.82, 2.24) is 24.4 Å². The minimum atomic E-state index is -0.302. The van der Waals surface area contributed by atoms with Crippen LogP contribution in [0.5, 0.6) is 0 Å². The summed E-state index contributed by atoms with van der Waals surface area (Å²) in [6, 6.07) is 19.1. The second-order valence-electron chi connectivity index (χ2n) is 6.46. The monoisotopic (exact) mass is 373 g/mol. The summed E-state index contributed by atoms with van der Waals surface area (Å²) >= 11 is 0. The first kappa shape index (κ1) is 17.7. The predicted molar refractivity (Wildman–Crippen MR) is 106 cm³/mol. The molecule has 2 aromatic carbocycles. The van der Waals surface area contributed by atoms with Gasteiger partial charge in [-0.15, -0.1) is 0 Å². The maximum Gasteiger partial charge on any atom is 0.330 e. The largest absolute Gasteiger partial charge is 0.350 e. The zero-order valence-corrected chi connectivity index (χ0v) is 15.4. The van der Waals surface area contributed by atoms with E-state index < -0.39 is 0 Å². The molecule has 0 aliphatic carbocycles. The van der Waals surface area contributed by atoms with Gasteiger partial charge in [0.2, 0.25) is 5.91 Å². The molecular formula is C21H19N5O2. The zero-order chi connectivity index (χ0) is 19.5. The smallest absolute Gasteiger partial charge is 0.330 e. The number of rotatable bonds is 5. The SMILES string of the molecule is Cn1c(=O)n(CC(=O)NCc2ccccc2)c2nc(-c3ccccc3)ncc21. The van der Waals surface area contributed by atoms with Crippen molar-refractivity contribution >= 4 is 17.1 Å². The molecule has 4 aromatic rings. The highest BCUT2D eigenvalue weighted by Gasteiger charge is 2.16. The number of carbonyl (C=O) groups excluding carboxylic acids is 1. The van der Waals surface area contributed by atoms with Gasteiger partial charge in [0.1, 0.15) is 12.1 Å². The van der Waals surface area contributed by atoms with Crippen LogP contribution in [0.4, 0.5) is 0 Å². The molecule has 0 aliphatic heterocycles. The van der Waals surface area contributed by atoms with E-state index in [0.29, 0.717) is 23.5 Å². The number of nitrogens with zero attached hydrogens (tertiary/aromatic N) is 4. The maximum atomic E-state index is 12.6. The Hall–Kier alpha value is -3.74. The van der Waals surface area contributed by atoms with Crippen LogP contribution in [-0.4, -0.2) is 25.0 Å². The first-order valence-electron chi connectivity index (χ1n) is 8.92. The molecule has 2 heterocycles. The number of imidazole rings is 1. The molecular weight excluding hydrogens is 354 g/mol. The van der Waals surface area contributed by atoms with Crippen molar-refractivity contribution in [2.24, 2.45) is 7.05 Å². The van der Waals surface area contributed by atoms with E-state index in [1.165, 1.54) is 9.13 Å². The third kappa shape index (κ3) is 3.42. The first-order valence-corrected chi connectivity index (χ1v) is 8.92. The van der Waals surface area contributed by atoms with Gasteiger partial charge in [-0.1, -0.05) is 60.7 Å². The van der Waals surface area contributed by atoms with Gasteiger partial charge in [0, 0.05) is 19.2 Å². The van der Waals surface area contributed by atoms with Crippen LogP contribution < -0.4 is 11.0 Å². The van der Waals surface area contributed by atoms with Crippen LogP contribution in [0, 0.1) is 0 Å². The van der Waals surface area contributed by atoms with Crippen LogP contribution >= 0.6 is 0 Å². The highest BCUT2D eigenvalue weighted by atomic mass is 16.2. The standard InChI is InChI=1S/C21H19N5O2/c1-25-17-13-23-19(16-10-6-3-7-11-16)24-20(17)26(21(25)28)14-18(27)22-12-15-8-4-2-5-9-15/h2-11,13H,12,14H2,1H3,(H,22,27). The summed E-state index contributed by atoms with van der Waals surface area (Å²) in [7, 11) is 1.65. The lowest BCUT2D eigenvalue weighted by molar-refractivity contribution is -0.121. The van der Waals surface area contributed by atoms with Gasteiger partial charge >= 0.3 is 5.69 Å². The fourth-order valence-corrected chi connectivity index (χ4v) is 3.04. The Bertz CT molecular complexity index is 1180. The summed E-state index contributed by atoms with van der Waals surface area (Å²) in [6.45, 7) is 0.303. The van der Waals surface area contributed by atoms with E-state index in [0.717, 1.165) is 11.1 Å². The van der Waals surface area contributed by atoms with E-state index in [-0.39, 0.29) is 18.1 Å². The molecule has 0 bridgehead atoms. The van der Waals surface area contributed by atoms with Crippen LogP contribution in [0.2, 0.25) is 0 Å². The second-order valence-corrected chi connectivity index (χ2v) is 6.46. The second kappa shape index (κ2) is 7.48. The third-order valence-electron chi connectivity index (χ3n) is 4.55. The number of hydrogen-bond acceptors (Lipinski definition) is 4. The summed E-state index contributed by atoms with van der Waals surface area (Å²) in [5.41, 5.74) is 2.57. The summed E-state index contributed by atoms with van der Waals surface area (Å²) in [5.74, 6) is 0.260. The molecule has 0 aliphatic rings. The number of fused-ring (bicyclic) bond motifs is 1. The van der Waals surface area contributed by atoms with Gasteiger partial charge in [-0.25, -0.2) is 14.8 Å². The fourth-order valence-electron chi connectivity index (χ4n) is 3.04. The van der Waals surface area contributed by atoms with Gasteiger partial charge in [-0.05, 0) is 5.56 Å². The molecule has 0 fully saturated rings. The van der Waals surface area contributed by atoms with Crippen molar-refractivity contribution in [2.75, 3.05) is 0 Å². The Morgan fingerprint density at radius 2 is 1.71 bits per heavy atom. The Balaban J connectivity index is 1.63. The summed E-state index contributed by atoms with van der Waals surface area (Å²) in [6.07, 6.45) is 1.62. The van der Waals surface area contributed by atoms with Crippen LogP contribution in [0.25, 0.3) is 22.6 Å². The van der Waals surface area contributed by atoms with E-state index in [2.05, 4.69) is 15.3 Å². The van der Waals surface area contributed by atoms with Crippen molar-refractivity contribution in [3.63, 3.8) is 0 Å². The molecule has 0 unspecified atom stereocenters. The van der Waals surface area contributed by atoms with Crippen LogP contribution in [0.1, 0.15) is 5.56 Å². The topological polar surface area (TPSA) is 81.8 Å². The van der Waals surface area contributed by atoms with Gasteiger partial charge in [0.05, 0.1) is 6.20 Å². The molecule has 0 saturated carbocycles. The lowest BCUT2D eigenvalue weighted by Gasteiger charge is -2.06. The molecule has 1 N–H and O–H groups in total. The van der Waals surface area contributed by atoms with E-state index in [4.69, 9.17) is 0 Å². The lowest BCUT2D eigenvalue weighted by atomic mass is 10.2. The minimum absolute atomic E-state index is 0.103. The quantitative estimate of drug-likeness (QED) is 0.581. The molecule has 0 spiro atoms. The van der Waals surface area contributed by atoms with Gasteiger partial charge in [-0.3, -0.25) is 13.9 Å². The molecule has 7 heteroatoms. The molecule has 28 heavy (non-hydrogen) atoms. The Morgan fingerprint density at radius 1 is 1.04 bits per heavy atom. The zero-order valence-electron chi connectivity index (χ0n) is 15.4. The minimum Gasteiger partial charge on any atom is -0.350 e. The average molecular weight is 373 g/mol. The van der Waals surface area contributed by atoms with Crippen molar-refractivity contribution < 1.29 is 4.79 Å². The average Bonchev–Trinajstić information content (AvgIpc) is 2.98. The molecule has 140 valence electrons. The number of nitrogens with one attached hydrogen (secondary N) is 1.